The predicted octanol–water partition coefficient (Wildman–Crippen LogP) is 2.11. The summed E-state index contributed by atoms with van der Waals surface area (Å²) in [6.07, 6.45) is 3.27. The Balaban J connectivity index is 1.73. The molecule has 5 nitrogen and oxygen atoms in total. The number of aryl methyl sites for hydroxylation is 1. The maximum Gasteiger partial charge on any atom is 0.273 e. The smallest absolute Gasteiger partial charge is 0.273 e. The van der Waals surface area contributed by atoms with E-state index in [0.29, 0.717) is 5.89 Å². The fourth-order valence-electron chi connectivity index (χ4n) is 2.54. The molecule has 1 aromatic heterocycles. The van der Waals surface area contributed by atoms with Gasteiger partial charge in [0.05, 0.1) is 12.1 Å². The predicted molar refractivity (Wildman–Crippen MR) is 74.1 cm³/mol. The van der Waals surface area contributed by atoms with Gasteiger partial charge in [0, 0.05) is 0 Å². The number of rotatable bonds is 3. The van der Waals surface area contributed by atoms with Crippen LogP contribution in [-0.2, 0) is 6.42 Å². The molecule has 3 rings (SSSR count). The number of oxazole rings is 1. The second-order valence-electron chi connectivity index (χ2n) is 5.12. The minimum atomic E-state index is -0.316. The van der Waals surface area contributed by atoms with Crippen molar-refractivity contribution in [3.8, 4) is 0 Å². The first-order valence-corrected chi connectivity index (χ1v) is 6.75. The van der Waals surface area contributed by atoms with Crippen LogP contribution in [0.3, 0.4) is 0 Å². The number of aromatic nitrogens is 1. The summed E-state index contributed by atoms with van der Waals surface area (Å²) in [6, 6.07) is 7.91. The van der Waals surface area contributed by atoms with Gasteiger partial charge in [0.15, 0.2) is 5.69 Å². The van der Waals surface area contributed by atoms with E-state index in [0.717, 1.165) is 12.8 Å². The zero-order chi connectivity index (χ0) is 14.1. The molecule has 3 N–H and O–H groups in total. The van der Waals surface area contributed by atoms with E-state index in [9.17, 15) is 4.79 Å². The van der Waals surface area contributed by atoms with Gasteiger partial charge in [0.1, 0.15) is 6.26 Å². The van der Waals surface area contributed by atoms with Crippen LogP contribution >= 0.6 is 0 Å². The van der Waals surface area contributed by atoms with Gasteiger partial charge >= 0.3 is 0 Å². The molecule has 20 heavy (non-hydrogen) atoms. The minimum absolute atomic E-state index is 0.0501. The molecule has 2 unspecified atom stereocenters. The average Bonchev–Trinajstić information content (AvgIpc) is 3.06. The van der Waals surface area contributed by atoms with E-state index in [1.54, 1.807) is 6.92 Å². The summed E-state index contributed by atoms with van der Waals surface area (Å²) in [6.45, 7) is 1.76. The molecule has 1 heterocycles. The molecule has 0 radical (unpaired) electrons. The third kappa shape index (κ3) is 2.32. The molecule has 0 fully saturated rings. The van der Waals surface area contributed by atoms with Crippen LogP contribution < -0.4 is 11.1 Å². The molecule has 1 aliphatic rings. The van der Waals surface area contributed by atoms with Crippen LogP contribution in [0.1, 0.15) is 52.9 Å². The molecule has 5 heteroatoms. The first kappa shape index (κ1) is 12.9. The summed E-state index contributed by atoms with van der Waals surface area (Å²) in [5, 5.41) is 3.00. The van der Waals surface area contributed by atoms with Crippen LogP contribution in [0.15, 0.2) is 34.9 Å². The number of nitrogens with two attached hydrogens (primary N) is 1. The van der Waals surface area contributed by atoms with Crippen molar-refractivity contribution in [1.29, 1.82) is 0 Å². The number of hydrogen-bond acceptors (Lipinski definition) is 4. The van der Waals surface area contributed by atoms with Crippen molar-refractivity contribution in [2.24, 2.45) is 5.73 Å². The number of fused-ring (bicyclic) bond motifs is 1. The lowest BCUT2D eigenvalue weighted by molar-refractivity contribution is 0.0931. The lowest BCUT2D eigenvalue weighted by Gasteiger charge is -2.12. The Morgan fingerprint density at radius 2 is 2.30 bits per heavy atom. The van der Waals surface area contributed by atoms with Gasteiger partial charge in [-0.2, -0.15) is 0 Å². The number of nitrogens with zero attached hydrogens (tertiary/aromatic N) is 1. The Bertz CT molecular complexity index is 634. The molecule has 1 aromatic carbocycles. The van der Waals surface area contributed by atoms with Crippen molar-refractivity contribution in [2.75, 3.05) is 0 Å². The highest BCUT2D eigenvalue weighted by atomic mass is 16.3. The molecule has 0 aliphatic heterocycles. The zero-order valence-corrected chi connectivity index (χ0v) is 11.3. The molecule has 0 saturated carbocycles. The van der Waals surface area contributed by atoms with Gasteiger partial charge in [-0.1, -0.05) is 24.3 Å². The third-order valence-corrected chi connectivity index (χ3v) is 3.58. The van der Waals surface area contributed by atoms with Gasteiger partial charge < -0.3 is 15.5 Å². The summed E-state index contributed by atoms with van der Waals surface area (Å²) >= 11 is 0. The van der Waals surface area contributed by atoms with Gasteiger partial charge in [-0.05, 0) is 30.9 Å². The third-order valence-electron chi connectivity index (χ3n) is 3.58. The molecule has 2 aromatic rings. The summed E-state index contributed by atoms with van der Waals surface area (Å²) in [7, 11) is 0. The molecule has 2 atom stereocenters. The minimum Gasteiger partial charge on any atom is -0.446 e. The van der Waals surface area contributed by atoms with Crippen LogP contribution in [0.4, 0.5) is 0 Å². The lowest BCUT2D eigenvalue weighted by atomic mass is 10.1. The fourth-order valence-corrected chi connectivity index (χ4v) is 2.54. The van der Waals surface area contributed by atoms with E-state index < -0.39 is 0 Å². The number of carbonyl (C=O) groups excluding carboxylic acids is 1. The van der Waals surface area contributed by atoms with Crippen molar-refractivity contribution in [2.45, 2.75) is 31.8 Å². The number of carbonyl (C=O) groups is 1. The Morgan fingerprint density at radius 1 is 1.50 bits per heavy atom. The van der Waals surface area contributed by atoms with Crippen molar-refractivity contribution in [3.63, 3.8) is 0 Å². The summed E-state index contributed by atoms with van der Waals surface area (Å²) in [5.41, 5.74) is 8.44. The maximum atomic E-state index is 12.2. The SMILES string of the molecule is CC(N)c1nc(C(=O)NC2CCc3ccccc32)co1. The fraction of sp³-hybridized carbons (Fsp3) is 0.333. The summed E-state index contributed by atoms with van der Waals surface area (Å²) < 4.78 is 5.18. The van der Waals surface area contributed by atoms with Crippen molar-refractivity contribution < 1.29 is 9.21 Å². The first-order chi connectivity index (χ1) is 9.65. The second kappa shape index (κ2) is 5.09. The Labute approximate surface area is 117 Å². The maximum absolute atomic E-state index is 12.2. The van der Waals surface area contributed by atoms with Crippen molar-refractivity contribution in [1.82, 2.24) is 10.3 Å². The van der Waals surface area contributed by atoms with E-state index in [-0.39, 0.29) is 23.7 Å². The van der Waals surface area contributed by atoms with E-state index in [1.165, 1.54) is 17.4 Å². The molecule has 1 amide bonds. The van der Waals surface area contributed by atoms with E-state index in [4.69, 9.17) is 10.2 Å². The van der Waals surface area contributed by atoms with Gasteiger partial charge in [0.2, 0.25) is 5.89 Å². The van der Waals surface area contributed by atoms with Gasteiger partial charge in [-0.3, -0.25) is 4.79 Å². The molecule has 0 bridgehead atoms. The Morgan fingerprint density at radius 3 is 3.05 bits per heavy atom. The van der Waals surface area contributed by atoms with Gasteiger partial charge in [-0.25, -0.2) is 4.98 Å². The van der Waals surface area contributed by atoms with Crippen LogP contribution in [0.5, 0.6) is 0 Å². The number of benzene rings is 1. The van der Waals surface area contributed by atoms with Crippen molar-refractivity contribution in [3.05, 3.63) is 53.2 Å². The average molecular weight is 271 g/mol. The lowest BCUT2D eigenvalue weighted by Crippen LogP contribution is -2.27. The second-order valence-corrected chi connectivity index (χ2v) is 5.12. The van der Waals surface area contributed by atoms with Gasteiger partial charge in [0.25, 0.3) is 5.91 Å². The van der Waals surface area contributed by atoms with Crippen LogP contribution in [0, 0.1) is 0 Å². The topological polar surface area (TPSA) is 81.1 Å². The highest BCUT2D eigenvalue weighted by Crippen LogP contribution is 2.30. The van der Waals surface area contributed by atoms with Crippen molar-refractivity contribution >= 4 is 5.91 Å². The quantitative estimate of drug-likeness (QED) is 0.895. The standard InChI is InChI=1S/C15H17N3O2/c1-9(16)15-18-13(8-20-15)14(19)17-12-7-6-10-4-2-3-5-11(10)12/h2-5,8-9,12H,6-7,16H2,1H3,(H,17,19). The van der Waals surface area contributed by atoms with Crippen LogP contribution in [-0.4, -0.2) is 10.9 Å². The van der Waals surface area contributed by atoms with Crippen LogP contribution in [0.25, 0.3) is 0 Å². The van der Waals surface area contributed by atoms with E-state index >= 15 is 0 Å². The highest BCUT2D eigenvalue weighted by Gasteiger charge is 2.25. The Kier molecular flexibility index (Phi) is 3.28. The normalized spacial score (nSPS) is 18.6. The van der Waals surface area contributed by atoms with E-state index in [2.05, 4.69) is 22.4 Å². The van der Waals surface area contributed by atoms with Crippen LogP contribution in [0.2, 0.25) is 0 Å². The molecule has 1 aliphatic carbocycles. The van der Waals surface area contributed by atoms with E-state index in [1.807, 2.05) is 12.1 Å². The molecule has 0 saturated heterocycles. The number of hydrogen-bond donors (Lipinski definition) is 2. The zero-order valence-electron chi connectivity index (χ0n) is 11.3. The largest absolute Gasteiger partial charge is 0.446 e. The first-order valence-electron chi connectivity index (χ1n) is 6.75. The van der Waals surface area contributed by atoms with Gasteiger partial charge in [-0.15, -0.1) is 0 Å². The summed E-state index contributed by atoms with van der Waals surface area (Å²) in [4.78, 5) is 16.3. The molecular formula is C15H17N3O2. The molecule has 0 spiro atoms. The molecular weight excluding hydrogens is 254 g/mol. The molecule has 104 valence electrons. The Hall–Kier alpha value is -2.14. The summed E-state index contributed by atoms with van der Waals surface area (Å²) in [5.74, 6) is 0.157. The highest BCUT2D eigenvalue weighted by molar-refractivity contribution is 5.92. The number of nitrogens with one attached hydrogen (secondary N) is 1. The monoisotopic (exact) mass is 271 g/mol. The number of amides is 1.